The van der Waals surface area contributed by atoms with Gasteiger partial charge in [0.2, 0.25) is 5.91 Å². The quantitative estimate of drug-likeness (QED) is 0.414. The summed E-state index contributed by atoms with van der Waals surface area (Å²) >= 11 is 0. The Morgan fingerprint density at radius 2 is 1.52 bits per heavy atom. The highest BCUT2D eigenvalue weighted by Gasteiger charge is 2.13. The number of anilines is 1. The highest BCUT2D eigenvalue weighted by atomic mass is 19.1. The number of carbonyl (C=O) groups excluding carboxylic acids is 1. The molecule has 0 aliphatic rings. The minimum Gasteiger partial charge on any atom is -0.326 e. The van der Waals surface area contributed by atoms with E-state index < -0.39 is 5.69 Å². The molecule has 3 aromatic carbocycles. The molecule has 1 heterocycles. The average Bonchev–Trinajstić information content (AvgIpc) is 2.83. The first-order valence-electron chi connectivity index (χ1n) is 10.8. The second kappa shape index (κ2) is 10.1. The minimum atomic E-state index is -0.420. The number of hydrogen-bond acceptors (Lipinski definition) is 3. The normalized spacial score (nSPS) is 10.9. The lowest BCUT2D eigenvalue weighted by Gasteiger charge is -2.14. The number of halogens is 1. The number of nitrogens with zero attached hydrogens (tertiary/aromatic N) is 2. The first-order chi connectivity index (χ1) is 16.0. The molecule has 0 spiro atoms. The summed E-state index contributed by atoms with van der Waals surface area (Å²) in [5, 5.41) is 3.27. The van der Waals surface area contributed by atoms with Crippen LogP contribution in [0.15, 0.2) is 88.5 Å². The zero-order valence-corrected chi connectivity index (χ0v) is 18.0. The highest BCUT2D eigenvalue weighted by molar-refractivity contribution is 5.90. The summed E-state index contributed by atoms with van der Waals surface area (Å²) in [6.07, 6.45) is 1.34. The molecule has 4 rings (SSSR count). The molecule has 1 amide bonds. The standard InChI is InChI=1S/C26H24FN3O3/c27-20-15-13-19(14-16-20)18-30-23-11-5-4-10-22(23)25(32)29(26(30)33)17-7-6-12-24(31)28-21-8-2-1-3-9-21/h1-5,8-11,13-16H,6-7,12,17-18H2,(H,28,31). The van der Waals surface area contributed by atoms with Gasteiger partial charge in [0.25, 0.3) is 5.56 Å². The van der Waals surface area contributed by atoms with Crippen LogP contribution in [0.2, 0.25) is 0 Å². The van der Waals surface area contributed by atoms with Gasteiger partial charge in [0, 0.05) is 18.7 Å². The van der Waals surface area contributed by atoms with E-state index in [2.05, 4.69) is 5.32 Å². The van der Waals surface area contributed by atoms with Crippen molar-refractivity contribution in [2.75, 3.05) is 5.32 Å². The Kier molecular flexibility index (Phi) is 6.78. The van der Waals surface area contributed by atoms with E-state index in [0.717, 1.165) is 11.3 Å². The van der Waals surface area contributed by atoms with Crippen molar-refractivity contribution in [1.82, 2.24) is 9.13 Å². The van der Waals surface area contributed by atoms with Gasteiger partial charge in [-0.1, -0.05) is 42.5 Å². The fourth-order valence-electron chi connectivity index (χ4n) is 3.79. The summed E-state index contributed by atoms with van der Waals surface area (Å²) in [4.78, 5) is 38.3. The number of carbonyl (C=O) groups is 1. The van der Waals surface area contributed by atoms with Crippen LogP contribution in [-0.4, -0.2) is 15.0 Å². The maximum atomic E-state index is 13.3. The van der Waals surface area contributed by atoms with Gasteiger partial charge in [-0.2, -0.15) is 0 Å². The predicted octanol–water partition coefficient (Wildman–Crippen LogP) is 4.16. The van der Waals surface area contributed by atoms with Crippen molar-refractivity contribution >= 4 is 22.5 Å². The molecule has 0 bridgehead atoms. The van der Waals surface area contributed by atoms with Crippen LogP contribution in [0.4, 0.5) is 10.1 Å². The van der Waals surface area contributed by atoms with Crippen LogP contribution >= 0.6 is 0 Å². The first kappa shape index (κ1) is 22.2. The first-order valence-corrected chi connectivity index (χ1v) is 10.8. The lowest BCUT2D eigenvalue weighted by Crippen LogP contribution is -2.40. The van der Waals surface area contributed by atoms with E-state index in [9.17, 15) is 18.8 Å². The summed E-state index contributed by atoms with van der Waals surface area (Å²) < 4.78 is 16.0. The maximum Gasteiger partial charge on any atom is 0.331 e. The van der Waals surface area contributed by atoms with Crippen LogP contribution in [0, 0.1) is 5.82 Å². The Balaban J connectivity index is 1.51. The van der Waals surface area contributed by atoms with Gasteiger partial charge < -0.3 is 5.32 Å². The summed E-state index contributed by atoms with van der Waals surface area (Å²) in [7, 11) is 0. The summed E-state index contributed by atoms with van der Waals surface area (Å²) in [6, 6.07) is 22.1. The third kappa shape index (κ3) is 5.26. The van der Waals surface area contributed by atoms with Gasteiger partial charge in [-0.3, -0.25) is 18.7 Å². The molecule has 0 radical (unpaired) electrons. The van der Waals surface area contributed by atoms with E-state index in [1.807, 2.05) is 30.3 Å². The molecule has 168 valence electrons. The second-order valence-corrected chi connectivity index (χ2v) is 7.84. The van der Waals surface area contributed by atoms with Crippen molar-refractivity contribution in [1.29, 1.82) is 0 Å². The van der Waals surface area contributed by atoms with Crippen molar-refractivity contribution in [3.63, 3.8) is 0 Å². The maximum absolute atomic E-state index is 13.3. The third-order valence-electron chi connectivity index (χ3n) is 5.48. The van der Waals surface area contributed by atoms with Crippen molar-refractivity contribution < 1.29 is 9.18 Å². The van der Waals surface area contributed by atoms with E-state index in [1.165, 1.54) is 21.3 Å². The lowest BCUT2D eigenvalue weighted by atomic mass is 10.2. The molecule has 0 unspecified atom stereocenters. The Labute approximate surface area is 189 Å². The van der Waals surface area contributed by atoms with Gasteiger partial charge in [0.15, 0.2) is 0 Å². The number of rotatable bonds is 8. The largest absolute Gasteiger partial charge is 0.331 e. The number of fused-ring (bicyclic) bond motifs is 1. The predicted molar refractivity (Wildman–Crippen MR) is 127 cm³/mol. The Hall–Kier alpha value is -4.00. The number of benzene rings is 3. The van der Waals surface area contributed by atoms with E-state index >= 15 is 0 Å². The van der Waals surface area contributed by atoms with Crippen LogP contribution in [0.1, 0.15) is 24.8 Å². The van der Waals surface area contributed by atoms with Crippen molar-refractivity contribution in [2.45, 2.75) is 32.4 Å². The molecule has 0 saturated heterocycles. The van der Waals surface area contributed by atoms with Crippen molar-refractivity contribution in [2.24, 2.45) is 0 Å². The Morgan fingerprint density at radius 1 is 0.818 bits per heavy atom. The van der Waals surface area contributed by atoms with E-state index in [1.54, 1.807) is 36.4 Å². The van der Waals surface area contributed by atoms with E-state index in [0.29, 0.717) is 30.2 Å². The van der Waals surface area contributed by atoms with E-state index in [4.69, 9.17) is 0 Å². The Bertz CT molecular complexity index is 1380. The van der Waals surface area contributed by atoms with E-state index in [-0.39, 0.29) is 30.4 Å². The second-order valence-electron chi connectivity index (χ2n) is 7.84. The fraction of sp³-hybridized carbons (Fsp3) is 0.192. The molecular formula is C26H24FN3O3. The van der Waals surface area contributed by atoms with Gasteiger partial charge >= 0.3 is 5.69 Å². The van der Waals surface area contributed by atoms with Crippen molar-refractivity contribution in [3.8, 4) is 0 Å². The highest BCUT2D eigenvalue weighted by Crippen LogP contribution is 2.12. The molecule has 0 fully saturated rings. The number of unbranched alkanes of at least 4 members (excludes halogenated alkanes) is 1. The molecule has 0 aliphatic carbocycles. The SMILES string of the molecule is O=C(CCCCn1c(=O)c2ccccc2n(Cc2ccc(F)cc2)c1=O)Nc1ccccc1. The third-order valence-corrected chi connectivity index (χ3v) is 5.48. The molecule has 6 nitrogen and oxygen atoms in total. The zero-order valence-electron chi connectivity index (χ0n) is 18.0. The summed E-state index contributed by atoms with van der Waals surface area (Å²) in [5.41, 5.74) is 1.26. The summed E-state index contributed by atoms with van der Waals surface area (Å²) in [6.45, 7) is 0.434. The van der Waals surface area contributed by atoms with Crippen LogP contribution in [0.5, 0.6) is 0 Å². The molecule has 4 aromatic rings. The molecule has 1 N–H and O–H groups in total. The average molecular weight is 445 g/mol. The minimum absolute atomic E-state index is 0.110. The van der Waals surface area contributed by atoms with Crippen LogP contribution in [0.25, 0.3) is 10.9 Å². The molecule has 33 heavy (non-hydrogen) atoms. The number of nitrogens with one attached hydrogen (secondary N) is 1. The van der Waals surface area contributed by atoms with Crippen LogP contribution in [0.3, 0.4) is 0 Å². The van der Waals surface area contributed by atoms with Gasteiger partial charge in [0.05, 0.1) is 17.4 Å². The molecule has 0 saturated carbocycles. The number of para-hydroxylation sites is 2. The number of amides is 1. The van der Waals surface area contributed by atoms with Gasteiger partial charge in [-0.05, 0) is 54.8 Å². The molecule has 1 aromatic heterocycles. The van der Waals surface area contributed by atoms with Crippen LogP contribution < -0.4 is 16.6 Å². The summed E-state index contributed by atoms with van der Waals surface area (Å²) in [5.74, 6) is -0.460. The molecule has 7 heteroatoms. The number of hydrogen-bond donors (Lipinski definition) is 1. The smallest absolute Gasteiger partial charge is 0.326 e. The molecule has 0 atom stereocenters. The topological polar surface area (TPSA) is 73.1 Å². The Morgan fingerprint density at radius 3 is 2.27 bits per heavy atom. The monoisotopic (exact) mass is 445 g/mol. The van der Waals surface area contributed by atoms with Gasteiger partial charge in [0.1, 0.15) is 5.82 Å². The molecule has 0 aliphatic heterocycles. The van der Waals surface area contributed by atoms with Gasteiger partial charge in [-0.15, -0.1) is 0 Å². The van der Waals surface area contributed by atoms with Gasteiger partial charge in [-0.25, -0.2) is 9.18 Å². The fourth-order valence-corrected chi connectivity index (χ4v) is 3.79. The molecular weight excluding hydrogens is 421 g/mol. The lowest BCUT2D eigenvalue weighted by molar-refractivity contribution is -0.116. The van der Waals surface area contributed by atoms with Crippen molar-refractivity contribution in [3.05, 3.63) is 111 Å². The number of aromatic nitrogens is 2. The zero-order chi connectivity index (χ0) is 23.2. The van der Waals surface area contributed by atoms with Crippen LogP contribution in [-0.2, 0) is 17.9 Å².